The zero-order valence-electron chi connectivity index (χ0n) is 5.26. The number of aliphatic hydroxyl groups excluding tert-OH is 1. The Bertz CT molecular complexity index is 221. The molecule has 0 aromatic rings. The summed E-state index contributed by atoms with van der Waals surface area (Å²) in [5.74, 6) is 0. The van der Waals surface area contributed by atoms with Gasteiger partial charge in [-0.3, -0.25) is 0 Å². The zero-order valence-corrected chi connectivity index (χ0v) is 5.26. The number of rotatable bonds is 1. The highest BCUT2D eigenvalue weighted by Gasteiger charge is 2.33. The van der Waals surface area contributed by atoms with Crippen molar-refractivity contribution in [1.29, 1.82) is 5.26 Å². The first-order valence-electron chi connectivity index (χ1n) is 2.50. The maximum atomic E-state index is 11.6. The van der Waals surface area contributed by atoms with Crippen molar-refractivity contribution in [2.24, 2.45) is 0 Å². The number of hydrogen-bond acceptors (Lipinski definition) is 2. The van der Waals surface area contributed by atoms with Crippen LogP contribution in [-0.4, -0.2) is 11.3 Å². The number of halogens is 3. The van der Waals surface area contributed by atoms with E-state index in [0.29, 0.717) is 12.3 Å². The molecule has 0 atom stereocenters. The minimum absolute atomic E-state index is 0.420. The average Bonchev–Trinajstić information content (AvgIpc) is 1.87. The molecule has 0 aliphatic carbocycles. The van der Waals surface area contributed by atoms with Gasteiger partial charge in [-0.15, -0.1) is 0 Å². The first kappa shape index (κ1) is 9.56. The summed E-state index contributed by atoms with van der Waals surface area (Å²) in [5, 5.41) is 15.9. The van der Waals surface area contributed by atoms with E-state index in [-0.39, 0.29) is 0 Å². The second-order valence-electron chi connectivity index (χ2n) is 1.53. The van der Waals surface area contributed by atoms with Crippen LogP contribution >= 0.6 is 0 Å². The van der Waals surface area contributed by atoms with Gasteiger partial charge in [-0.25, -0.2) is 0 Å². The molecule has 0 radical (unpaired) electrons. The molecule has 0 aliphatic heterocycles. The van der Waals surface area contributed by atoms with E-state index in [9.17, 15) is 13.2 Å². The van der Waals surface area contributed by atoms with E-state index < -0.39 is 11.7 Å². The smallest absolute Gasteiger partial charge is 0.426 e. The summed E-state index contributed by atoms with van der Waals surface area (Å²) in [7, 11) is 0. The number of hydrogen-bond donors (Lipinski definition) is 1. The first-order valence-corrected chi connectivity index (χ1v) is 2.50. The number of allylic oxidation sites excluding steroid dienone is 3. The van der Waals surface area contributed by atoms with Crippen LogP contribution in [0.1, 0.15) is 0 Å². The summed E-state index contributed by atoms with van der Waals surface area (Å²) in [4.78, 5) is 0. The van der Waals surface area contributed by atoms with Crippen LogP contribution in [0.25, 0.3) is 0 Å². The summed E-state index contributed by atoms with van der Waals surface area (Å²) < 4.78 is 34.9. The first-order chi connectivity index (χ1) is 5.02. The largest absolute Gasteiger partial charge is 0.516 e. The van der Waals surface area contributed by atoms with Gasteiger partial charge in [-0.05, 0) is 12.2 Å². The van der Waals surface area contributed by atoms with Crippen LogP contribution in [0.2, 0.25) is 0 Å². The highest BCUT2D eigenvalue weighted by atomic mass is 19.4. The molecule has 0 spiro atoms. The predicted octanol–water partition coefficient (Wildman–Crippen LogP) is 2.07. The number of nitrogens with zero attached hydrogens (tertiary/aromatic N) is 1. The summed E-state index contributed by atoms with van der Waals surface area (Å²) in [5.41, 5.74) is -1.34. The Morgan fingerprint density at radius 2 is 2.00 bits per heavy atom. The lowest BCUT2D eigenvalue weighted by Gasteiger charge is -2.00. The van der Waals surface area contributed by atoms with Gasteiger partial charge in [-0.1, -0.05) is 0 Å². The van der Waals surface area contributed by atoms with Gasteiger partial charge in [0.25, 0.3) is 0 Å². The maximum Gasteiger partial charge on any atom is 0.426 e. The van der Waals surface area contributed by atoms with Gasteiger partial charge in [0.1, 0.15) is 11.6 Å². The molecule has 1 N–H and O–H groups in total. The van der Waals surface area contributed by atoms with Crippen molar-refractivity contribution in [2.75, 3.05) is 0 Å². The van der Waals surface area contributed by atoms with Crippen LogP contribution in [-0.2, 0) is 0 Å². The van der Waals surface area contributed by atoms with Crippen molar-refractivity contribution < 1.29 is 18.3 Å². The lowest BCUT2D eigenvalue weighted by Crippen LogP contribution is -2.09. The van der Waals surface area contributed by atoms with Crippen molar-refractivity contribution in [1.82, 2.24) is 0 Å². The van der Waals surface area contributed by atoms with E-state index in [0.717, 1.165) is 12.1 Å². The molecule has 0 amide bonds. The summed E-state index contributed by atoms with van der Waals surface area (Å²) in [6.45, 7) is 0. The lowest BCUT2D eigenvalue weighted by molar-refractivity contribution is -0.0873. The third kappa shape index (κ3) is 3.30. The topological polar surface area (TPSA) is 44.0 Å². The minimum Gasteiger partial charge on any atom is -0.516 e. The molecule has 0 unspecified atom stereocenters. The van der Waals surface area contributed by atoms with E-state index in [2.05, 4.69) is 0 Å². The second-order valence-corrected chi connectivity index (χ2v) is 1.53. The third-order valence-corrected chi connectivity index (χ3v) is 0.775. The van der Waals surface area contributed by atoms with E-state index in [1.165, 1.54) is 0 Å². The number of nitriles is 1. The molecular formula is C6H4F3NO. The molecule has 0 saturated carbocycles. The summed E-state index contributed by atoms with van der Waals surface area (Å²) in [6.07, 6.45) is -3.01. The van der Waals surface area contributed by atoms with Crippen molar-refractivity contribution >= 4 is 0 Å². The van der Waals surface area contributed by atoms with E-state index in [4.69, 9.17) is 10.4 Å². The molecule has 0 aromatic carbocycles. The molecule has 60 valence electrons. The monoisotopic (exact) mass is 163 g/mol. The highest BCUT2D eigenvalue weighted by molar-refractivity contribution is 5.29. The van der Waals surface area contributed by atoms with Gasteiger partial charge in [-0.2, -0.15) is 18.4 Å². The van der Waals surface area contributed by atoms with E-state index >= 15 is 0 Å². The molecule has 0 saturated heterocycles. The fraction of sp³-hybridized carbons (Fsp3) is 0.167. The minimum atomic E-state index is -4.64. The van der Waals surface area contributed by atoms with Gasteiger partial charge in [0.2, 0.25) is 0 Å². The van der Waals surface area contributed by atoms with Crippen molar-refractivity contribution in [3.05, 3.63) is 24.0 Å². The molecule has 11 heavy (non-hydrogen) atoms. The van der Waals surface area contributed by atoms with Gasteiger partial charge in [0.15, 0.2) is 0 Å². The Labute approximate surface area is 60.9 Å². The predicted molar refractivity (Wildman–Crippen MR) is 31.5 cm³/mol. The van der Waals surface area contributed by atoms with Crippen molar-refractivity contribution in [2.45, 2.75) is 6.18 Å². The van der Waals surface area contributed by atoms with Crippen LogP contribution in [0.4, 0.5) is 13.2 Å². The molecule has 0 aromatic heterocycles. The molecule has 0 rings (SSSR count). The summed E-state index contributed by atoms with van der Waals surface area (Å²) in [6, 6.07) is 0.951. The molecule has 2 nitrogen and oxygen atoms in total. The zero-order chi connectivity index (χ0) is 8.91. The number of aliphatic hydroxyl groups is 1. The second kappa shape index (κ2) is 3.66. The van der Waals surface area contributed by atoms with Crippen LogP contribution < -0.4 is 0 Å². The molecule has 5 heteroatoms. The van der Waals surface area contributed by atoms with E-state index in [1.807, 2.05) is 0 Å². The molecule has 0 aliphatic rings. The van der Waals surface area contributed by atoms with E-state index in [1.54, 1.807) is 0 Å². The highest BCUT2D eigenvalue weighted by Crippen LogP contribution is 2.24. The quantitative estimate of drug-likeness (QED) is 0.365. The molecule has 0 fully saturated rings. The Morgan fingerprint density at radius 1 is 1.45 bits per heavy atom. The third-order valence-electron chi connectivity index (χ3n) is 0.775. The van der Waals surface area contributed by atoms with Gasteiger partial charge in [0, 0.05) is 0 Å². The lowest BCUT2D eigenvalue weighted by atomic mass is 10.2. The van der Waals surface area contributed by atoms with Gasteiger partial charge >= 0.3 is 6.18 Å². The normalized spacial score (nSPS) is 13.5. The van der Waals surface area contributed by atoms with Crippen molar-refractivity contribution in [3.8, 4) is 6.07 Å². The molecule has 0 bridgehead atoms. The Hall–Kier alpha value is -1.44. The Kier molecular flexibility index (Phi) is 3.18. The molecular weight excluding hydrogens is 159 g/mol. The fourth-order valence-corrected chi connectivity index (χ4v) is 0.334. The average molecular weight is 163 g/mol. The van der Waals surface area contributed by atoms with Crippen LogP contribution in [0, 0.1) is 11.3 Å². The standard InChI is InChI=1S/C6H4F3NO/c7-6(8,9)5(4-10)2-1-3-11/h1-3,11H/b3-1+,5-2+. The van der Waals surface area contributed by atoms with Crippen molar-refractivity contribution in [3.63, 3.8) is 0 Å². The van der Waals surface area contributed by atoms with Crippen LogP contribution in [0.5, 0.6) is 0 Å². The molecule has 0 heterocycles. The number of alkyl halides is 3. The Balaban J connectivity index is 4.58. The van der Waals surface area contributed by atoms with Crippen LogP contribution in [0.15, 0.2) is 24.0 Å². The Morgan fingerprint density at radius 3 is 2.27 bits per heavy atom. The fourth-order valence-electron chi connectivity index (χ4n) is 0.334. The van der Waals surface area contributed by atoms with Crippen LogP contribution in [0.3, 0.4) is 0 Å². The van der Waals surface area contributed by atoms with Gasteiger partial charge in [0.05, 0.1) is 6.26 Å². The maximum absolute atomic E-state index is 11.6. The van der Waals surface area contributed by atoms with Gasteiger partial charge < -0.3 is 5.11 Å². The SMILES string of the molecule is N#C/C(=C\C=C\O)C(F)(F)F. The summed E-state index contributed by atoms with van der Waals surface area (Å²) >= 11 is 0.